The van der Waals surface area contributed by atoms with E-state index in [1.165, 1.54) is 0 Å². The third-order valence-electron chi connectivity index (χ3n) is 3.29. The van der Waals surface area contributed by atoms with Gasteiger partial charge >= 0.3 is 0 Å². The first-order valence-electron chi connectivity index (χ1n) is 6.47. The average molecular weight is 300 g/mol. The fraction of sp³-hybridized carbons (Fsp3) is 0.133. The van der Waals surface area contributed by atoms with Gasteiger partial charge in [-0.05, 0) is 65.7 Å². The van der Waals surface area contributed by atoms with E-state index < -0.39 is 0 Å². The molecule has 0 saturated carbocycles. The molecule has 1 heterocycles. The van der Waals surface area contributed by atoms with Gasteiger partial charge in [-0.3, -0.25) is 0 Å². The van der Waals surface area contributed by atoms with Gasteiger partial charge in [-0.15, -0.1) is 5.10 Å². The molecule has 6 heteroatoms. The van der Waals surface area contributed by atoms with Gasteiger partial charge in [-0.2, -0.15) is 4.68 Å². The summed E-state index contributed by atoms with van der Waals surface area (Å²) in [5.74, 6) is 0.637. The first-order valence-corrected chi connectivity index (χ1v) is 6.85. The minimum atomic E-state index is 0.608. The van der Waals surface area contributed by atoms with Gasteiger partial charge < -0.3 is 5.73 Å². The van der Waals surface area contributed by atoms with Crippen molar-refractivity contribution in [1.82, 2.24) is 20.2 Å². The van der Waals surface area contributed by atoms with Gasteiger partial charge in [0.1, 0.15) is 0 Å². The lowest BCUT2D eigenvalue weighted by atomic mass is 10.1. The second-order valence-corrected chi connectivity index (χ2v) is 5.35. The zero-order chi connectivity index (χ0) is 15.0. The number of hydrogen-bond donors (Lipinski definition) is 1. The van der Waals surface area contributed by atoms with Crippen molar-refractivity contribution < 1.29 is 0 Å². The van der Waals surface area contributed by atoms with Gasteiger partial charge in [0, 0.05) is 11.3 Å². The summed E-state index contributed by atoms with van der Waals surface area (Å²) < 4.78 is 1.64. The summed E-state index contributed by atoms with van der Waals surface area (Å²) in [5.41, 5.74) is 10.3. The van der Waals surface area contributed by atoms with Crippen molar-refractivity contribution in [2.24, 2.45) is 0 Å². The van der Waals surface area contributed by atoms with Crippen LogP contribution in [0.25, 0.3) is 17.1 Å². The van der Waals surface area contributed by atoms with Crippen molar-refractivity contribution in [2.45, 2.75) is 13.8 Å². The molecule has 0 aliphatic heterocycles. The molecule has 0 aliphatic rings. The lowest BCUT2D eigenvalue weighted by molar-refractivity contribution is 0.791. The van der Waals surface area contributed by atoms with Crippen LogP contribution in [0.15, 0.2) is 36.4 Å². The van der Waals surface area contributed by atoms with Gasteiger partial charge in [0.2, 0.25) is 0 Å². The number of halogens is 1. The Morgan fingerprint density at radius 3 is 2.62 bits per heavy atom. The van der Waals surface area contributed by atoms with E-state index in [2.05, 4.69) is 15.5 Å². The second-order valence-electron chi connectivity index (χ2n) is 4.94. The molecule has 2 N–H and O–H groups in total. The predicted molar refractivity (Wildman–Crippen MR) is 83.5 cm³/mol. The molecule has 0 spiro atoms. The first kappa shape index (κ1) is 13.6. The highest BCUT2D eigenvalue weighted by Gasteiger charge is 2.15. The molecular weight excluding hydrogens is 286 g/mol. The number of nitrogens with two attached hydrogens (primary N) is 1. The Hall–Kier alpha value is -2.40. The van der Waals surface area contributed by atoms with Gasteiger partial charge in [-0.25, -0.2) is 0 Å². The first-order chi connectivity index (χ1) is 10.1. The Kier molecular flexibility index (Phi) is 3.35. The number of rotatable bonds is 2. The molecule has 0 bridgehead atoms. The van der Waals surface area contributed by atoms with Crippen LogP contribution >= 0.6 is 11.6 Å². The summed E-state index contributed by atoms with van der Waals surface area (Å²) in [7, 11) is 0. The van der Waals surface area contributed by atoms with Crippen LogP contribution in [0.5, 0.6) is 0 Å². The van der Waals surface area contributed by atoms with E-state index in [4.69, 9.17) is 17.3 Å². The molecule has 3 aromatic rings. The second kappa shape index (κ2) is 5.18. The SMILES string of the molecule is Cc1ccc(-n2nnnc2-c2ccc(N)cc2C)c(Cl)c1. The third-order valence-corrected chi connectivity index (χ3v) is 3.59. The summed E-state index contributed by atoms with van der Waals surface area (Å²) >= 11 is 6.31. The number of aryl methyl sites for hydroxylation is 2. The van der Waals surface area contributed by atoms with Crippen LogP contribution in [0.4, 0.5) is 5.69 Å². The molecule has 0 radical (unpaired) electrons. The van der Waals surface area contributed by atoms with Crippen LogP contribution < -0.4 is 5.73 Å². The van der Waals surface area contributed by atoms with Crippen LogP contribution in [0.2, 0.25) is 5.02 Å². The molecule has 0 atom stereocenters. The number of nitrogens with zero attached hydrogens (tertiary/aromatic N) is 4. The van der Waals surface area contributed by atoms with Crippen LogP contribution in [-0.2, 0) is 0 Å². The van der Waals surface area contributed by atoms with E-state index >= 15 is 0 Å². The van der Waals surface area contributed by atoms with Crippen LogP contribution in [-0.4, -0.2) is 20.2 Å². The molecule has 3 rings (SSSR count). The van der Waals surface area contributed by atoms with E-state index in [-0.39, 0.29) is 0 Å². The Balaban J connectivity index is 2.17. The molecule has 0 aliphatic carbocycles. The maximum Gasteiger partial charge on any atom is 0.187 e. The number of nitrogen functional groups attached to an aromatic ring is 1. The van der Waals surface area contributed by atoms with Crippen molar-refractivity contribution in [3.63, 3.8) is 0 Å². The van der Waals surface area contributed by atoms with Gasteiger partial charge in [0.25, 0.3) is 0 Å². The zero-order valence-corrected chi connectivity index (χ0v) is 12.5. The van der Waals surface area contributed by atoms with Crippen molar-refractivity contribution in [2.75, 3.05) is 5.73 Å². The average Bonchev–Trinajstić information content (AvgIpc) is 2.87. The number of tetrazole rings is 1. The predicted octanol–water partition coefficient (Wildman–Crippen LogP) is 3.18. The highest BCUT2D eigenvalue weighted by Crippen LogP contribution is 2.28. The summed E-state index contributed by atoms with van der Waals surface area (Å²) in [4.78, 5) is 0. The molecule has 2 aromatic carbocycles. The van der Waals surface area contributed by atoms with Crippen molar-refractivity contribution >= 4 is 17.3 Å². The lowest BCUT2D eigenvalue weighted by Crippen LogP contribution is -2.02. The summed E-state index contributed by atoms with van der Waals surface area (Å²) in [6.07, 6.45) is 0. The lowest BCUT2D eigenvalue weighted by Gasteiger charge is -2.09. The number of anilines is 1. The Morgan fingerprint density at radius 1 is 1.10 bits per heavy atom. The standard InChI is InChI=1S/C15H14ClN5/c1-9-3-6-14(13(16)7-9)21-15(18-19-20-21)12-5-4-11(17)8-10(12)2/h3-8H,17H2,1-2H3. The van der Waals surface area contributed by atoms with Gasteiger partial charge in [0.05, 0.1) is 10.7 Å². The van der Waals surface area contributed by atoms with Crippen LogP contribution in [0.3, 0.4) is 0 Å². The molecule has 21 heavy (non-hydrogen) atoms. The van der Waals surface area contributed by atoms with Gasteiger partial charge in [0.15, 0.2) is 5.82 Å². The van der Waals surface area contributed by atoms with Crippen LogP contribution in [0, 0.1) is 13.8 Å². The van der Waals surface area contributed by atoms with Crippen LogP contribution in [0.1, 0.15) is 11.1 Å². The topological polar surface area (TPSA) is 69.6 Å². The fourth-order valence-electron chi connectivity index (χ4n) is 2.24. The molecule has 0 saturated heterocycles. The minimum Gasteiger partial charge on any atom is -0.399 e. The number of hydrogen-bond acceptors (Lipinski definition) is 4. The smallest absolute Gasteiger partial charge is 0.187 e. The highest BCUT2D eigenvalue weighted by molar-refractivity contribution is 6.32. The molecular formula is C15H14ClN5. The fourth-order valence-corrected chi connectivity index (χ4v) is 2.55. The largest absolute Gasteiger partial charge is 0.399 e. The Labute approximate surface area is 127 Å². The quantitative estimate of drug-likeness (QED) is 0.738. The normalized spacial score (nSPS) is 10.8. The van der Waals surface area contributed by atoms with E-state index in [0.29, 0.717) is 16.5 Å². The number of aromatic nitrogens is 4. The highest BCUT2D eigenvalue weighted by atomic mass is 35.5. The van der Waals surface area contributed by atoms with E-state index in [1.54, 1.807) is 4.68 Å². The molecule has 0 unspecified atom stereocenters. The molecule has 0 fully saturated rings. The Bertz CT molecular complexity index is 744. The molecule has 1 aromatic heterocycles. The monoisotopic (exact) mass is 299 g/mol. The zero-order valence-electron chi connectivity index (χ0n) is 11.7. The van der Waals surface area contributed by atoms with E-state index in [0.717, 1.165) is 22.4 Å². The van der Waals surface area contributed by atoms with Crippen molar-refractivity contribution in [3.8, 4) is 17.1 Å². The maximum atomic E-state index is 6.31. The van der Waals surface area contributed by atoms with Crippen molar-refractivity contribution in [1.29, 1.82) is 0 Å². The number of benzene rings is 2. The van der Waals surface area contributed by atoms with Crippen molar-refractivity contribution in [3.05, 3.63) is 52.5 Å². The molecule has 106 valence electrons. The molecule has 0 amide bonds. The van der Waals surface area contributed by atoms with Gasteiger partial charge in [-0.1, -0.05) is 17.7 Å². The Morgan fingerprint density at radius 2 is 1.90 bits per heavy atom. The third kappa shape index (κ3) is 2.48. The van der Waals surface area contributed by atoms with E-state index in [1.807, 2.05) is 50.2 Å². The summed E-state index contributed by atoms with van der Waals surface area (Å²) in [5, 5.41) is 12.6. The summed E-state index contributed by atoms with van der Waals surface area (Å²) in [6.45, 7) is 3.96. The van der Waals surface area contributed by atoms with E-state index in [9.17, 15) is 0 Å². The summed E-state index contributed by atoms with van der Waals surface area (Å²) in [6, 6.07) is 11.4. The maximum absolute atomic E-state index is 6.31. The molecule has 5 nitrogen and oxygen atoms in total. The minimum absolute atomic E-state index is 0.608.